The van der Waals surface area contributed by atoms with Crippen molar-refractivity contribution in [2.75, 3.05) is 0 Å². The van der Waals surface area contributed by atoms with E-state index in [1.54, 1.807) is 4.90 Å². The molecule has 0 spiro atoms. The summed E-state index contributed by atoms with van der Waals surface area (Å²) < 4.78 is 0. The third-order valence-electron chi connectivity index (χ3n) is 5.01. The Kier molecular flexibility index (Phi) is 5.27. The highest BCUT2D eigenvalue weighted by Gasteiger charge is 2.43. The van der Waals surface area contributed by atoms with Crippen LogP contribution in [0.3, 0.4) is 0 Å². The molecule has 2 aromatic rings. The standard InChI is InChI=1S/C21H21NO2S2/c23-20-18(17-12-7-13-25-17)19(26-14-15-8-3-1-4-9-15)21(24)22(20)16-10-5-2-6-11-16/h1,3-4,7-9,12-13,16H,2,5-6,10-11,14H2. The van der Waals surface area contributed by atoms with Gasteiger partial charge in [-0.3, -0.25) is 14.5 Å². The van der Waals surface area contributed by atoms with Gasteiger partial charge in [0.25, 0.3) is 11.8 Å². The molecule has 1 aliphatic heterocycles. The normalized spacial score (nSPS) is 18.8. The topological polar surface area (TPSA) is 37.4 Å². The second kappa shape index (κ2) is 7.80. The van der Waals surface area contributed by atoms with Gasteiger partial charge in [0.05, 0.1) is 10.5 Å². The number of nitrogens with zero attached hydrogens (tertiary/aromatic N) is 1. The van der Waals surface area contributed by atoms with Crippen molar-refractivity contribution in [3.63, 3.8) is 0 Å². The summed E-state index contributed by atoms with van der Waals surface area (Å²) in [5.74, 6) is 0.508. The van der Waals surface area contributed by atoms with Crippen molar-refractivity contribution in [3.05, 3.63) is 63.2 Å². The Morgan fingerprint density at radius 3 is 2.42 bits per heavy atom. The molecule has 1 saturated carbocycles. The molecule has 0 N–H and O–H groups in total. The van der Waals surface area contributed by atoms with Crippen LogP contribution in [0, 0.1) is 0 Å². The zero-order valence-corrected chi connectivity index (χ0v) is 16.2. The molecule has 1 aromatic carbocycles. The minimum Gasteiger partial charge on any atom is -0.271 e. The first-order valence-corrected chi connectivity index (χ1v) is 10.9. The predicted molar refractivity (Wildman–Crippen MR) is 108 cm³/mol. The van der Waals surface area contributed by atoms with Gasteiger partial charge in [0.2, 0.25) is 0 Å². The number of amides is 2. The highest BCUT2D eigenvalue weighted by molar-refractivity contribution is 8.03. The van der Waals surface area contributed by atoms with Crippen LogP contribution in [-0.2, 0) is 15.3 Å². The molecule has 5 heteroatoms. The SMILES string of the molecule is O=C1C(SCc2ccccc2)=C(c2cccs2)C(=O)N1C1CCCCC1. The molecule has 0 atom stereocenters. The third kappa shape index (κ3) is 3.38. The quantitative estimate of drug-likeness (QED) is 0.675. The highest BCUT2D eigenvalue weighted by atomic mass is 32.2. The van der Waals surface area contributed by atoms with Crippen LogP contribution in [0.1, 0.15) is 42.5 Å². The number of hydrogen-bond donors (Lipinski definition) is 0. The molecule has 0 bridgehead atoms. The molecule has 26 heavy (non-hydrogen) atoms. The Bertz CT molecular complexity index is 821. The molecule has 0 unspecified atom stereocenters. The first-order chi connectivity index (χ1) is 12.8. The minimum absolute atomic E-state index is 0.0635. The van der Waals surface area contributed by atoms with Gasteiger partial charge in [0.1, 0.15) is 0 Å². The van der Waals surface area contributed by atoms with E-state index in [2.05, 4.69) is 12.1 Å². The molecule has 1 fully saturated rings. The van der Waals surface area contributed by atoms with Gasteiger partial charge in [-0.15, -0.1) is 23.1 Å². The first kappa shape index (κ1) is 17.6. The van der Waals surface area contributed by atoms with E-state index in [9.17, 15) is 9.59 Å². The maximum atomic E-state index is 13.2. The molecule has 0 radical (unpaired) electrons. The van der Waals surface area contributed by atoms with Crippen molar-refractivity contribution in [3.8, 4) is 0 Å². The third-order valence-corrected chi connectivity index (χ3v) is 7.04. The van der Waals surface area contributed by atoms with Crippen LogP contribution in [-0.4, -0.2) is 22.8 Å². The van der Waals surface area contributed by atoms with Crippen LogP contribution in [0.25, 0.3) is 5.57 Å². The number of imide groups is 1. The average molecular weight is 384 g/mol. The average Bonchev–Trinajstić information content (AvgIpc) is 3.28. The number of rotatable bonds is 5. The smallest absolute Gasteiger partial charge is 0.268 e. The molecule has 2 amide bonds. The minimum atomic E-state index is -0.0973. The second-order valence-electron chi connectivity index (χ2n) is 6.73. The number of thiophene rings is 1. The Morgan fingerprint density at radius 1 is 0.962 bits per heavy atom. The fraction of sp³-hybridized carbons (Fsp3) is 0.333. The number of thioether (sulfide) groups is 1. The predicted octanol–water partition coefficient (Wildman–Crippen LogP) is 5.09. The lowest BCUT2D eigenvalue weighted by atomic mass is 9.94. The van der Waals surface area contributed by atoms with Crippen molar-refractivity contribution >= 4 is 40.5 Å². The fourth-order valence-electron chi connectivity index (χ4n) is 3.70. The van der Waals surface area contributed by atoms with Crippen LogP contribution < -0.4 is 0 Å². The Morgan fingerprint density at radius 2 is 1.73 bits per heavy atom. The van der Waals surface area contributed by atoms with E-state index in [1.165, 1.54) is 29.5 Å². The van der Waals surface area contributed by atoms with Crippen molar-refractivity contribution < 1.29 is 9.59 Å². The Balaban J connectivity index is 1.64. The van der Waals surface area contributed by atoms with Crippen molar-refractivity contribution in [2.45, 2.75) is 43.9 Å². The summed E-state index contributed by atoms with van der Waals surface area (Å²) in [5.41, 5.74) is 1.77. The molecular formula is C21H21NO2S2. The molecule has 1 aromatic heterocycles. The van der Waals surface area contributed by atoms with Crippen LogP contribution in [0.15, 0.2) is 52.7 Å². The Hall–Kier alpha value is -1.85. The van der Waals surface area contributed by atoms with Crippen molar-refractivity contribution in [2.24, 2.45) is 0 Å². The number of carbonyl (C=O) groups is 2. The summed E-state index contributed by atoms with van der Waals surface area (Å²) in [6.07, 6.45) is 5.27. The van der Waals surface area contributed by atoms with Crippen LogP contribution in [0.5, 0.6) is 0 Å². The van der Waals surface area contributed by atoms with Gasteiger partial charge in [0.15, 0.2) is 0 Å². The molecule has 1 aliphatic carbocycles. The number of benzene rings is 1. The highest BCUT2D eigenvalue weighted by Crippen LogP contribution is 2.41. The lowest BCUT2D eigenvalue weighted by Crippen LogP contribution is -2.42. The van der Waals surface area contributed by atoms with Crippen LogP contribution >= 0.6 is 23.1 Å². The summed E-state index contributed by atoms with van der Waals surface area (Å²) in [6, 6.07) is 14.0. The zero-order chi connectivity index (χ0) is 17.9. The maximum absolute atomic E-state index is 13.2. The van der Waals surface area contributed by atoms with E-state index in [0.717, 1.165) is 36.1 Å². The van der Waals surface area contributed by atoms with E-state index >= 15 is 0 Å². The van der Waals surface area contributed by atoms with Gasteiger partial charge in [-0.25, -0.2) is 0 Å². The molecule has 3 nitrogen and oxygen atoms in total. The van der Waals surface area contributed by atoms with Gasteiger partial charge in [0, 0.05) is 16.7 Å². The van der Waals surface area contributed by atoms with Gasteiger partial charge >= 0.3 is 0 Å². The maximum Gasteiger partial charge on any atom is 0.268 e. The van der Waals surface area contributed by atoms with Gasteiger partial charge < -0.3 is 0 Å². The lowest BCUT2D eigenvalue weighted by Gasteiger charge is -2.29. The van der Waals surface area contributed by atoms with E-state index in [1.807, 2.05) is 35.7 Å². The van der Waals surface area contributed by atoms with Crippen LogP contribution in [0.4, 0.5) is 0 Å². The molecule has 0 saturated heterocycles. The lowest BCUT2D eigenvalue weighted by molar-refractivity contribution is -0.139. The van der Waals surface area contributed by atoms with E-state index in [0.29, 0.717) is 16.2 Å². The van der Waals surface area contributed by atoms with E-state index < -0.39 is 0 Å². The Labute approximate surface area is 162 Å². The molecule has 134 valence electrons. The van der Waals surface area contributed by atoms with Crippen LogP contribution in [0.2, 0.25) is 0 Å². The summed E-state index contributed by atoms with van der Waals surface area (Å²) in [6.45, 7) is 0. The fourth-order valence-corrected chi connectivity index (χ4v) is 5.60. The summed E-state index contributed by atoms with van der Waals surface area (Å²) in [7, 11) is 0. The summed E-state index contributed by atoms with van der Waals surface area (Å²) >= 11 is 3.03. The molecule has 2 heterocycles. The summed E-state index contributed by atoms with van der Waals surface area (Å²) in [4.78, 5) is 29.4. The molecule has 4 rings (SSSR count). The number of carbonyl (C=O) groups excluding carboxylic acids is 2. The molecular weight excluding hydrogens is 362 g/mol. The largest absolute Gasteiger partial charge is 0.271 e. The van der Waals surface area contributed by atoms with Gasteiger partial charge in [-0.1, -0.05) is 55.7 Å². The van der Waals surface area contributed by atoms with E-state index in [4.69, 9.17) is 0 Å². The summed E-state index contributed by atoms with van der Waals surface area (Å²) in [5, 5.41) is 1.96. The molecule has 2 aliphatic rings. The van der Waals surface area contributed by atoms with Crippen molar-refractivity contribution in [1.82, 2.24) is 4.90 Å². The monoisotopic (exact) mass is 383 g/mol. The van der Waals surface area contributed by atoms with E-state index in [-0.39, 0.29) is 17.9 Å². The van der Waals surface area contributed by atoms with Gasteiger partial charge in [-0.05, 0) is 29.9 Å². The van der Waals surface area contributed by atoms with Gasteiger partial charge in [-0.2, -0.15) is 0 Å². The first-order valence-electron chi connectivity index (χ1n) is 9.08. The van der Waals surface area contributed by atoms with Crippen molar-refractivity contribution in [1.29, 1.82) is 0 Å². The number of hydrogen-bond acceptors (Lipinski definition) is 4. The second-order valence-corrected chi connectivity index (χ2v) is 8.66. The zero-order valence-electron chi connectivity index (χ0n) is 14.5.